The number of nitrogens with zero attached hydrogens (tertiary/aromatic N) is 2. The van der Waals surface area contributed by atoms with Crippen molar-refractivity contribution in [2.75, 3.05) is 22.4 Å². The van der Waals surface area contributed by atoms with Crippen molar-refractivity contribution in [1.82, 2.24) is 0 Å². The highest BCUT2D eigenvalue weighted by atomic mass is 32.2. The van der Waals surface area contributed by atoms with E-state index in [0.717, 1.165) is 41.5 Å². The number of non-ortho nitro benzene ring substituents is 1. The summed E-state index contributed by atoms with van der Waals surface area (Å²) in [6.07, 6.45) is 4.09. The zero-order valence-corrected chi connectivity index (χ0v) is 17.5. The van der Waals surface area contributed by atoms with Gasteiger partial charge in [0.2, 0.25) is 15.9 Å². The van der Waals surface area contributed by atoms with Gasteiger partial charge < -0.3 is 5.32 Å². The lowest BCUT2D eigenvalue weighted by atomic mass is 10.1. The lowest BCUT2D eigenvalue weighted by Gasteiger charge is -2.23. The number of aryl methyl sites for hydroxylation is 2. The molecule has 0 bridgehead atoms. The van der Waals surface area contributed by atoms with Gasteiger partial charge in [0.15, 0.2) is 0 Å². The highest BCUT2D eigenvalue weighted by Gasteiger charge is 2.24. The van der Waals surface area contributed by atoms with E-state index in [1.807, 2.05) is 12.1 Å². The molecule has 0 radical (unpaired) electrons. The molecular weight excluding hydrogens is 394 g/mol. The second-order valence-electron chi connectivity index (χ2n) is 6.85. The monoisotopic (exact) mass is 419 g/mol. The highest BCUT2D eigenvalue weighted by molar-refractivity contribution is 7.92. The number of unbranched alkanes of at least 4 members (excludes halogenated alkanes) is 1. The van der Waals surface area contributed by atoms with Gasteiger partial charge in [0.25, 0.3) is 5.69 Å². The van der Waals surface area contributed by atoms with Gasteiger partial charge >= 0.3 is 0 Å². The molecule has 0 aliphatic carbocycles. The molecule has 0 atom stereocenters. The van der Waals surface area contributed by atoms with Crippen molar-refractivity contribution in [2.24, 2.45) is 0 Å². The second-order valence-corrected chi connectivity index (χ2v) is 8.75. The maximum absolute atomic E-state index is 12.5. The molecular formula is C20H25N3O5S. The summed E-state index contributed by atoms with van der Waals surface area (Å²) in [5.74, 6) is -0.539. The van der Waals surface area contributed by atoms with E-state index in [1.54, 1.807) is 19.1 Å². The van der Waals surface area contributed by atoms with Gasteiger partial charge in [0.1, 0.15) is 6.54 Å². The van der Waals surface area contributed by atoms with Crippen LogP contribution < -0.4 is 9.62 Å². The Morgan fingerprint density at radius 1 is 1.17 bits per heavy atom. The zero-order valence-electron chi connectivity index (χ0n) is 16.7. The van der Waals surface area contributed by atoms with Crippen LogP contribution in [0.1, 0.15) is 30.9 Å². The number of nitrogens with one attached hydrogen (secondary N) is 1. The van der Waals surface area contributed by atoms with Crippen molar-refractivity contribution >= 4 is 33.0 Å². The Hall–Kier alpha value is -2.94. The fourth-order valence-electron chi connectivity index (χ4n) is 2.83. The summed E-state index contributed by atoms with van der Waals surface area (Å²) in [4.78, 5) is 22.9. The summed E-state index contributed by atoms with van der Waals surface area (Å²) in [7, 11) is -3.84. The molecule has 0 spiro atoms. The molecule has 9 heteroatoms. The van der Waals surface area contributed by atoms with Gasteiger partial charge in [0, 0.05) is 17.8 Å². The van der Waals surface area contributed by atoms with Gasteiger partial charge in [-0.1, -0.05) is 31.5 Å². The number of benzene rings is 2. The molecule has 0 aromatic heterocycles. The van der Waals surface area contributed by atoms with E-state index in [4.69, 9.17) is 0 Å². The summed E-state index contributed by atoms with van der Waals surface area (Å²) < 4.78 is 25.4. The lowest BCUT2D eigenvalue weighted by Crippen LogP contribution is -2.37. The number of hydrogen-bond donors (Lipinski definition) is 1. The molecule has 1 N–H and O–H groups in total. The van der Waals surface area contributed by atoms with Gasteiger partial charge in [-0.25, -0.2) is 8.42 Å². The van der Waals surface area contributed by atoms with Gasteiger partial charge in [-0.2, -0.15) is 0 Å². The first-order valence-corrected chi connectivity index (χ1v) is 11.1. The Kier molecular flexibility index (Phi) is 7.33. The summed E-state index contributed by atoms with van der Waals surface area (Å²) in [6.45, 7) is 3.26. The molecule has 2 rings (SSSR count). The fraction of sp³-hybridized carbons (Fsp3) is 0.350. The minimum Gasteiger partial charge on any atom is -0.325 e. The number of carbonyl (C=O) groups excluding carboxylic acids is 1. The third-order valence-electron chi connectivity index (χ3n) is 4.42. The third kappa shape index (κ3) is 6.28. The average molecular weight is 420 g/mol. The van der Waals surface area contributed by atoms with Crippen LogP contribution in [0.2, 0.25) is 0 Å². The van der Waals surface area contributed by atoms with Crippen molar-refractivity contribution in [3.8, 4) is 0 Å². The molecule has 0 unspecified atom stereocenters. The number of nitro benzene ring substituents is 1. The van der Waals surface area contributed by atoms with Crippen molar-refractivity contribution in [3.63, 3.8) is 0 Å². The Morgan fingerprint density at radius 2 is 1.83 bits per heavy atom. The maximum atomic E-state index is 12.5. The number of hydrogen-bond acceptors (Lipinski definition) is 5. The topological polar surface area (TPSA) is 110 Å². The first kappa shape index (κ1) is 22.4. The van der Waals surface area contributed by atoms with E-state index in [2.05, 4.69) is 12.2 Å². The van der Waals surface area contributed by atoms with E-state index in [0.29, 0.717) is 11.3 Å². The van der Waals surface area contributed by atoms with Gasteiger partial charge in [0.05, 0.1) is 16.9 Å². The predicted octanol–water partition coefficient (Wildman–Crippen LogP) is 3.65. The highest BCUT2D eigenvalue weighted by Crippen LogP contribution is 2.27. The molecule has 2 aromatic rings. The molecule has 8 nitrogen and oxygen atoms in total. The standard InChI is InChI=1S/C20H25N3O5S/c1-4-5-6-16-8-10-17(11-9-16)21-20(24)14-22(29(3,27)28)19-13-18(23(25)26)12-7-15(19)2/h7-13H,4-6,14H2,1-3H3,(H,21,24). The Morgan fingerprint density at radius 3 is 2.38 bits per heavy atom. The number of anilines is 2. The number of carbonyl (C=O) groups is 1. The van der Waals surface area contributed by atoms with E-state index in [1.165, 1.54) is 12.1 Å². The third-order valence-corrected chi connectivity index (χ3v) is 5.54. The quantitative estimate of drug-likeness (QED) is 0.493. The van der Waals surface area contributed by atoms with Crippen molar-refractivity contribution < 1.29 is 18.1 Å². The van der Waals surface area contributed by atoms with Crippen LogP contribution in [-0.4, -0.2) is 32.0 Å². The van der Waals surface area contributed by atoms with Crippen LogP contribution in [0.4, 0.5) is 17.1 Å². The van der Waals surface area contributed by atoms with Crippen LogP contribution in [0.3, 0.4) is 0 Å². The SMILES string of the molecule is CCCCc1ccc(NC(=O)CN(c2cc([N+](=O)[O-])ccc2C)S(C)(=O)=O)cc1. The van der Waals surface area contributed by atoms with E-state index in [9.17, 15) is 23.3 Å². The summed E-state index contributed by atoms with van der Waals surface area (Å²) in [5, 5.41) is 13.7. The Balaban J connectivity index is 2.20. The van der Waals surface area contributed by atoms with Crippen molar-refractivity contribution in [3.05, 3.63) is 63.7 Å². The molecule has 0 fully saturated rings. The minimum atomic E-state index is -3.84. The van der Waals surface area contributed by atoms with Crippen LogP contribution in [0, 0.1) is 17.0 Å². The van der Waals surface area contributed by atoms with Gasteiger partial charge in [-0.05, 0) is 43.0 Å². The molecule has 0 saturated heterocycles. The molecule has 0 aliphatic rings. The molecule has 156 valence electrons. The summed E-state index contributed by atoms with van der Waals surface area (Å²) in [5.41, 5.74) is 2.08. The largest absolute Gasteiger partial charge is 0.325 e. The molecule has 29 heavy (non-hydrogen) atoms. The first-order valence-electron chi connectivity index (χ1n) is 9.23. The molecule has 0 aliphatic heterocycles. The predicted molar refractivity (Wildman–Crippen MR) is 114 cm³/mol. The first-order chi connectivity index (χ1) is 13.6. The Bertz CT molecular complexity index is 988. The molecule has 0 heterocycles. The van der Waals surface area contributed by atoms with Crippen molar-refractivity contribution in [1.29, 1.82) is 0 Å². The summed E-state index contributed by atoms with van der Waals surface area (Å²) in [6, 6.07) is 11.3. The zero-order chi connectivity index (χ0) is 21.6. The number of rotatable bonds is 9. The Labute approximate surface area is 170 Å². The number of sulfonamides is 1. The van der Waals surface area contributed by atoms with Crippen molar-refractivity contribution in [2.45, 2.75) is 33.1 Å². The molecule has 1 amide bonds. The van der Waals surface area contributed by atoms with E-state index >= 15 is 0 Å². The minimum absolute atomic E-state index is 0.103. The number of amides is 1. The van der Waals surface area contributed by atoms with Gasteiger partial charge in [-0.3, -0.25) is 19.2 Å². The maximum Gasteiger partial charge on any atom is 0.271 e. The van der Waals surface area contributed by atoms with Gasteiger partial charge in [-0.15, -0.1) is 0 Å². The van der Waals surface area contributed by atoms with Crippen LogP contribution in [0.5, 0.6) is 0 Å². The second kappa shape index (κ2) is 9.51. The van der Waals surface area contributed by atoms with Crippen LogP contribution in [-0.2, 0) is 21.2 Å². The van der Waals surface area contributed by atoms with Crippen LogP contribution >= 0.6 is 0 Å². The molecule has 2 aromatic carbocycles. The smallest absolute Gasteiger partial charge is 0.271 e. The number of nitro groups is 1. The van der Waals surface area contributed by atoms with E-state index in [-0.39, 0.29) is 11.4 Å². The van der Waals surface area contributed by atoms with E-state index < -0.39 is 27.4 Å². The normalized spacial score (nSPS) is 11.1. The van der Waals surface area contributed by atoms with Crippen LogP contribution in [0.15, 0.2) is 42.5 Å². The average Bonchev–Trinajstić information content (AvgIpc) is 2.65. The van der Waals surface area contributed by atoms with Crippen LogP contribution in [0.25, 0.3) is 0 Å². The lowest BCUT2D eigenvalue weighted by molar-refractivity contribution is -0.384. The summed E-state index contributed by atoms with van der Waals surface area (Å²) >= 11 is 0. The fourth-order valence-corrected chi connectivity index (χ4v) is 3.73. The molecule has 0 saturated carbocycles.